The number of benzene rings is 3. The van der Waals surface area contributed by atoms with E-state index in [1.54, 1.807) is 0 Å². The van der Waals surface area contributed by atoms with E-state index in [-0.39, 0.29) is 0 Å². The van der Waals surface area contributed by atoms with E-state index < -0.39 is 5.97 Å². The number of aromatic carboxylic acids is 1. The van der Waals surface area contributed by atoms with Crippen molar-refractivity contribution in [3.05, 3.63) is 105 Å². The first kappa shape index (κ1) is 21.3. The Morgan fingerprint density at radius 3 is 2.39 bits per heavy atom. The molecule has 0 bridgehead atoms. The maximum atomic E-state index is 12.4. The maximum absolute atomic E-state index is 12.4. The minimum Gasteiger partial charge on any atom is -0.477 e. The summed E-state index contributed by atoms with van der Waals surface area (Å²) >= 11 is 3.58. The lowest BCUT2D eigenvalue weighted by atomic mass is 10.1. The first-order valence-corrected chi connectivity index (χ1v) is 11.1. The van der Waals surface area contributed by atoms with Gasteiger partial charge in [-0.1, -0.05) is 76.1 Å². The lowest BCUT2D eigenvalue weighted by Gasteiger charge is -2.11. The molecule has 0 atom stereocenters. The highest BCUT2D eigenvalue weighted by atomic mass is 79.9. The van der Waals surface area contributed by atoms with Gasteiger partial charge in [-0.2, -0.15) is 0 Å². The Bertz CT molecular complexity index is 1240. The van der Waals surface area contributed by atoms with Gasteiger partial charge < -0.3 is 15.0 Å². The monoisotopic (exact) mass is 476 g/mol. The van der Waals surface area contributed by atoms with Gasteiger partial charge in [0, 0.05) is 40.6 Å². The number of rotatable bonds is 7. The molecule has 2 N–H and O–H groups in total. The summed E-state index contributed by atoms with van der Waals surface area (Å²) in [5.41, 5.74) is 6.64. The molecular weight excluding hydrogens is 452 g/mol. The minimum absolute atomic E-state index is 0.348. The van der Waals surface area contributed by atoms with Crippen molar-refractivity contribution < 1.29 is 9.90 Å². The van der Waals surface area contributed by atoms with Crippen LogP contribution < -0.4 is 5.32 Å². The second kappa shape index (κ2) is 9.08. The van der Waals surface area contributed by atoms with Gasteiger partial charge >= 0.3 is 5.97 Å². The molecule has 158 valence electrons. The number of nitrogens with zero attached hydrogens (tertiary/aromatic N) is 1. The average Bonchev–Trinajstić information content (AvgIpc) is 3.04. The zero-order valence-corrected chi connectivity index (χ0v) is 19.2. The van der Waals surface area contributed by atoms with Crippen LogP contribution in [0.15, 0.2) is 71.2 Å². The highest BCUT2D eigenvalue weighted by Crippen LogP contribution is 2.29. The number of hydrogen-bond acceptors (Lipinski definition) is 2. The van der Waals surface area contributed by atoms with E-state index in [0.717, 1.165) is 37.6 Å². The van der Waals surface area contributed by atoms with Crippen LogP contribution in [0.25, 0.3) is 10.9 Å². The summed E-state index contributed by atoms with van der Waals surface area (Å²) < 4.78 is 2.98. The molecule has 4 nitrogen and oxygen atoms in total. The number of fused-ring (bicyclic) bond motifs is 1. The SMILES string of the molecule is Cc1ccc(Cn2c(C(=O)O)c(CNCc3ccccc3Br)c3ccc(C)cc32)cc1. The summed E-state index contributed by atoms with van der Waals surface area (Å²) in [5, 5.41) is 14.6. The van der Waals surface area contributed by atoms with Gasteiger partial charge in [0.25, 0.3) is 0 Å². The Kier molecular flexibility index (Phi) is 6.25. The van der Waals surface area contributed by atoms with E-state index in [4.69, 9.17) is 0 Å². The summed E-state index contributed by atoms with van der Waals surface area (Å²) in [4.78, 5) is 12.4. The molecule has 3 aromatic carbocycles. The molecule has 5 heteroatoms. The van der Waals surface area contributed by atoms with Crippen LogP contribution in [0.1, 0.15) is 38.3 Å². The van der Waals surface area contributed by atoms with Crippen LogP contribution in [0, 0.1) is 13.8 Å². The number of halogens is 1. The molecule has 0 saturated heterocycles. The number of hydrogen-bond donors (Lipinski definition) is 2. The number of carboxylic acid groups (broad SMARTS) is 1. The fourth-order valence-corrected chi connectivity index (χ4v) is 4.38. The van der Waals surface area contributed by atoms with Crippen LogP contribution in [0.4, 0.5) is 0 Å². The molecular formula is C26H25BrN2O2. The number of carboxylic acids is 1. The molecule has 0 radical (unpaired) electrons. The van der Waals surface area contributed by atoms with Crippen molar-refractivity contribution in [2.75, 3.05) is 0 Å². The van der Waals surface area contributed by atoms with Crippen molar-refractivity contribution in [2.45, 2.75) is 33.5 Å². The summed E-state index contributed by atoms with van der Waals surface area (Å²) in [5.74, 6) is -0.904. The Hall–Kier alpha value is -2.89. The van der Waals surface area contributed by atoms with Gasteiger partial charge in [-0.25, -0.2) is 4.79 Å². The first-order valence-electron chi connectivity index (χ1n) is 10.3. The smallest absolute Gasteiger partial charge is 0.352 e. The van der Waals surface area contributed by atoms with Crippen molar-refractivity contribution in [1.82, 2.24) is 9.88 Å². The Balaban J connectivity index is 1.73. The second-order valence-electron chi connectivity index (χ2n) is 7.92. The van der Waals surface area contributed by atoms with Crippen molar-refractivity contribution in [2.24, 2.45) is 0 Å². The largest absolute Gasteiger partial charge is 0.477 e. The highest BCUT2D eigenvalue weighted by molar-refractivity contribution is 9.10. The van der Waals surface area contributed by atoms with Crippen LogP contribution in [0.3, 0.4) is 0 Å². The highest BCUT2D eigenvalue weighted by Gasteiger charge is 2.22. The Morgan fingerprint density at radius 2 is 1.68 bits per heavy atom. The molecule has 0 saturated carbocycles. The second-order valence-corrected chi connectivity index (χ2v) is 8.77. The third-order valence-electron chi connectivity index (χ3n) is 5.56. The molecule has 0 fully saturated rings. The number of nitrogens with one attached hydrogen (secondary N) is 1. The molecule has 0 unspecified atom stereocenters. The standard InChI is InChI=1S/C26H25BrN2O2/c1-17-7-10-19(11-8-17)16-29-24-13-18(2)9-12-21(24)22(25(29)26(30)31)15-28-14-20-5-3-4-6-23(20)27/h3-13,28H,14-16H2,1-2H3,(H,30,31). The minimum atomic E-state index is -0.904. The van der Waals surface area contributed by atoms with Gasteiger partial charge in [-0.15, -0.1) is 0 Å². The van der Waals surface area contributed by atoms with Crippen molar-refractivity contribution in [1.29, 1.82) is 0 Å². The van der Waals surface area contributed by atoms with Crippen molar-refractivity contribution >= 4 is 32.8 Å². The zero-order valence-electron chi connectivity index (χ0n) is 17.7. The summed E-state index contributed by atoms with van der Waals surface area (Å²) in [7, 11) is 0. The quantitative estimate of drug-likeness (QED) is 0.340. The number of carbonyl (C=O) groups is 1. The molecule has 1 aromatic heterocycles. The molecule has 4 aromatic rings. The van der Waals surface area contributed by atoms with Crippen molar-refractivity contribution in [3.63, 3.8) is 0 Å². The molecule has 4 rings (SSSR count). The van der Waals surface area contributed by atoms with Gasteiger partial charge in [0.2, 0.25) is 0 Å². The van der Waals surface area contributed by atoms with E-state index in [2.05, 4.69) is 64.6 Å². The first-order chi connectivity index (χ1) is 14.9. The molecule has 0 amide bonds. The Labute approximate surface area is 190 Å². The van der Waals surface area contributed by atoms with E-state index in [9.17, 15) is 9.90 Å². The molecule has 0 aliphatic carbocycles. The normalized spacial score (nSPS) is 11.2. The van der Waals surface area contributed by atoms with Crippen LogP contribution in [-0.2, 0) is 19.6 Å². The van der Waals surface area contributed by atoms with Gasteiger partial charge in [0.15, 0.2) is 0 Å². The van der Waals surface area contributed by atoms with Gasteiger partial charge in [0.05, 0.1) is 0 Å². The molecule has 0 spiro atoms. The topological polar surface area (TPSA) is 54.3 Å². The van der Waals surface area contributed by atoms with Crippen LogP contribution in [0.2, 0.25) is 0 Å². The average molecular weight is 477 g/mol. The van der Waals surface area contributed by atoms with E-state index in [1.165, 1.54) is 5.56 Å². The number of aromatic nitrogens is 1. The molecule has 31 heavy (non-hydrogen) atoms. The summed E-state index contributed by atoms with van der Waals surface area (Å²) in [6.07, 6.45) is 0. The van der Waals surface area contributed by atoms with Gasteiger partial charge in [-0.05, 0) is 42.7 Å². The number of aryl methyl sites for hydroxylation is 2. The summed E-state index contributed by atoms with van der Waals surface area (Å²) in [6, 6.07) is 22.5. The lowest BCUT2D eigenvalue weighted by molar-refractivity contribution is 0.0684. The lowest BCUT2D eigenvalue weighted by Crippen LogP contribution is -2.17. The molecule has 0 aliphatic rings. The third kappa shape index (κ3) is 4.58. The summed E-state index contributed by atoms with van der Waals surface area (Å²) in [6.45, 7) is 5.73. The van der Waals surface area contributed by atoms with E-state index in [0.29, 0.717) is 25.3 Å². The van der Waals surface area contributed by atoms with Gasteiger partial charge in [0.1, 0.15) is 5.69 Å². The predicted octanol–water partition coefficient (Wildman–Crippen LogP) is 6.06. The predicted molar refractivity (Wildman–Crippen MR) is 129 cm³/mol. The fraction of sp³-hybridized carbons (Fsp3) is 0.192. The van der Waals surface area contributed by atoms with E-state index >= 15 is 0 Å². The molecule has 0 aliphatic heterocycles. The van der Waals surface area contributed by atoms with Crippen LogP contribution in [0.5, 0.6) is 0 Å². The Morgan fingerprint density at radius 1 is 0.968 bits per heavy atom. The molecule has 1 heterocycles. The van der Waals surface area contributed by atoms with Crippen LogP contribution >= 0.6 is 15.9 Å². The van der Waals surface area contributed by atoms with Crippen LogP contribution in [-0.4, -0.2) is 15.6 Å². The third-order valence-corrected chi connectivity index (χ3v) is 6.34. The van der Waals surface area contributed by atoms with E-state index in [1.807, 2.05) is 41.8 Å². The van der Waals surface area contributed by atoms with Crippen molar-refractivity contribution in [3.8, 4) is 0 Å². The maximum Gasteiger partial charge on any atom is 0.352 e. The zero-order chi connectivity index (χ0) is 22.0. The van der Waals surface area contributed by atoms with Gasteiger partial charge in [-0.3, -0.25) is 0 Å². The fourth-order valence-electron chi connectivity index (χ4n) is 3.96.